The number of hydrogen-bond donors (Lipinski definition) is 3. The number of hydrogen-bond acceptors (Lipinski definition) is 2. The minimum Gasteiger partial charge on any atom is -0.357 e. The van der Waals surface area contributed by atoms with Gasteiger partial charge in [-0.15, -0.1) is 30.4 Å². The standard InChI is InChI=1S/C14H17FN4O.HI/c1-3-8-17-14(16-4-2)18-10-13(20)19-12-7-5-6-11(15)9-12;/h1,5-7,9H,4,8,10H2,2H3,(H,19,20)(H2,16,17,18);1H. The van der Waals surface area contributed by atoms with Gasteiger partial charge in [-0.3, -0.25) is 4.79 Å². The zero-order valence-corrected chi connectivity index (χ0v) is 14.0. The molecule has 0 radical (unpaired) electrons. The predicted molar refractivity (Wildman–Crippen MR) is 93.3 cm³/mol. The van der Waals surface area contributed by atoms with Crippen LogP contribution in [0.25, 0.3) is 0 Å². The van der Waals surface area contributed by atoms with Crippen LogP contribution >= 0.6 is 24.0 Å². The molecule has 0 fully saturated rings. The fourth-order valence-corrected chi connectivity index (χ4v) is 1.39. The average molecular weight is 404 g/mol. The average Bonchev–Trinajstić information content (AvgIpc) is 2.42. The number of nitrogens with zero attached hydrogens (tertiary/aromatic N) is 1. The molecule has 0 aliphatic carbocycles. The number of guanidine groups is 1. The summed E-state index contributed by atoms with van der Waals surface area (Å²) < 4.78 is 13.0. The molecule has 1 rings (SSSR count). The summed E-state index contributed by atoms with van der Waals surface area (Å²) in [5.41, 5.74) is 0.395. The highest BCUT2D eigenvalue weighted by Gasteiger charge is 2.03. The number of aliphatic imine (C=N–C) groups is 1. The second-order valence-electron chi connectivity index (χ2n) is 3.81. The van der Waals surface area contributed by atoms with Crippen LogP contribution in [0.4, 0.5) is 10.1 Å². The second-order valence-corrected chi connectivity index (χ2v) is 3.81. The van der Waals surface area contributed by atoms with Crippen LogP contribution < -0.4 is 16.0 Å². The van der Waals surface area contributed by atoms with E-state index in [1.165, 1.54) is 18.2 Å². The van der Waals surface area contributed by atoms with Gasteiger partial charge in [-0.2, -0.15) is 0 Å². The summed E-state index contributed by atoms with van der Waals surface area (Å²) in [4.78, 5) is 15.7. The van der Waals surface area contributed by atoms with E-state index in [1.807, 2.05) is 6.92 Å². The number of halogens is 2. The number of rotatable bonds is 5. The van der Waals surface area contributed by atoms with Gasteiger partial charge in [-0.1, -0.05) is 12.0 Å². The van der Waals surface area contributed by atoms with Crippen LogP contribution in [0.3, 0.4) is 0 Å². The molecule has 1 aromatic rings. The third-order valence-corrected chi connectivity index (χ3v) is 2.19. The van der Waals surface area contributed by atoms with Crippen molar-refractivity contribution in [3.05, 3.63) is 30.1 Å². The molecule has 0 aliphatic rings. The maximum absolute atomic E-state index is 13.0. The number of nitrogens with one attached hydrogen (secondary N) is 3. The van der Waals surface area contributed by atoms with E-state index < -0.39 is 5.82 Å². The third kappa shape index (κ3) is 8.14. The van der Waals surface area contributed by atoms with Crippen LogP contribution in [0.2, 0.25) is 0 Å². The van der Waals surface area contributed by atoms with Gasteiger partial charge in [-0.25, -0.2) is 9.38 Å². The van der Waals surface area contributed by atoms with E-state index in [0.29, 0.717) is 24.7 Å². The second kappa shape index (κ2) is 10.9. The monoisotopic (exact) mass is 404 g/mol. The molecular weight excluding hydrogens is 386 g/mol. The van der Waals surface area contributed by atoms with E-state index >= 15 is 0 Å². The van der Waals surface area contributed by atoms with Crippen molar-refractivity contribution in [3.8, 4) is 12.3 Å². The highest BCUT2D eigenvalue weighted by Crippen LogP contribution is 2.08. The zero-order chi connectivity index (χ0) is 14.8. The Labute approximate surface area is 140 Å². The van der Waals surface area contributed by atoms with Crippen molar-refractivity contribution in [2.24, 2.45) is 4.99 Å². The van der Waals surface area contributed by atoms with Crippen LogP contribution in [-0.2, 0) is 4.79 Å². The van der Waals surface area contributed by atoms with Gasteiger partial charge in [0, 0.05) is 12.2 Å². The molecular formula is C14H18FIN4O. The molecule has 1 aromatic carbocycles. The lowest BCUT2D eigenvalue weighted by atomic mass is 10.3. The van der Waals surface area contributed by atoms with Gasteiger partial charge in [0.2, 0.25) is 5.91 Å². The molecule has 0 unspecified atom stereocenters. The molecule has 114 valence electrons. The summed E-state index contributed by atoms with van der Waals surface area (Å²) in [6.45, 7) is 2.79. The minimum absolute atomic E-state index is 0. The van der Waals surface area contributed by atoms with Crippen LogP contribution in [0.15, 0.2) is 29.3 Å². The first-order valence-electron chi connectivity index (χ1n) is 6.16. The van der Waals surface area contributed by atoms with Crippen molar-refractivity contribution >= 4 is 41.5 Å². The normalized spacial score (nSPS) is 10.0. The quantitative estimate of drug-likeness (QED) is 0.302. The molecule has 0 spiro atoms. The topological polar surface area (TPSA) is 65.5 Å². The van der Waals surface area contributed by atoms with Crippen molar-refractivity contribution in [1.82, 2.24) is 10.6 Å². The number of anilines is 1. The van der Waals surface area contributed by atoms with E-state index in [1.54, 1.807) is 6.07 Å². The van der Waals surface area contributed by atoms with E-state index in [9.17, 15) is 9.18 Å². The highest BCUT2D eigenvalue weighted by molar-refractivity contribution is 14.0. The van der Waals surface area contributed by atoms with Crippen LogP contribution in [0, 0.1) is 18.2 Å². The molecule has 1 amide bonds. The number of amides is 1. The van der Waals surface area contributed by atoms with Crippen molar-refractivity contribution in [3.63, 3.8) is 0 Å². The van der Waals surface area contributed by atoms with Crippen molar-refractivity contribution < 1.29 is 9.18 Å². The SMILES string of the molecule is C#CCNC(=NCC(=O)Nc1cccc(F)c1)NCC.I. The summed E-state index contributed by atoms with van der Waals surface area (Å²) in [6.07, 6.45) is 5.14. The van der Waals surface area contributed by atoms with Crippen LogP contribution in [0.1, 0.15) is 6.92 Å². The maximum atomic E-state index is 13.0. The fourth-order valence-electron chi connectivity index (χ4n) is 1.39. The van der Waals surface area contributed by atoms with E-state index in [4.69, 9.17) is 6.42 Å². The molecule has 0 heterocycles. The molecule has 21 heavy (non-hydrogen) atoms. The molecule has 3 N–H and O–H groups in total. The maximum Gasteiger partial charge on any atom is 0.246 e. The van der Waals surface area contributed by atoms with Crippen LogP contribution in [-0.4, -0.2) is 31.5 Å². The molecule has 0 bridgehead atoms. The van der Waals surface area contributed by atoms with Gasteiger partial charge in [0.05, 0.1) is 6.54 Å². The molecule has 0 saturated heterocycles. The number of carbonyl (C=O) groups excluding carboxylic acids is 1. The van der Waals surface area contributed by atoms with Gasteiger partial charge in [0.15, 0.2) is 5.96 Å². The molecule has 0 aromatic heterocycles. The largest absolute Gasteiger partial charge is 0.357 e. The van der Waals surface area contributed by atoms with Crippen LogP contribution in [0.5, 0.6) is 0 Å². The summed E-state index contributed by atoms with van der Waals surface area (Å²) in [6, 6.07) is 5.67. The van der Waals surface area contributed by atoms with E-state index in [0.717, 1.165) is 0 Å². The van der Waals surface area contributed by atoms with Gasteiger partial charge >= 0.3 is 0 Å². The smallest absolute Gasteiger partial charge is 0.246 e. The first-order chi connectivity index (χ1) is 9.65. The summed E-state index contributed by atoms with van der Waals surface area (Å²) in [5.74, 6) is 2.13. The Balaban J connectivity index is 0.00000400. The summed E-state index contributed by atoms with van der Waals surface area (Å²) >= 11 is 0. The Morgan fingerprint density at radius 1 is 1.43 bits per heavy atom. The van der Waals surface area contributed by atoms with Crippen molar-refractivity contribution in [2.75, 3.05) is 25.0 Å². The number of carbonyl (C=O) groups is 1. The molecule has 5 nitrogen and oxygen atoms in total. The van der Waals surface area contributed by atoms with Gasteiger partial charge in [0.1, 0.15) is 12.4 Å². The highest BCUT2D eigenvalue weighted by atomic mass is 127. The molecule has 0 atom stereocenters. The Kier molecular flexibility index (Phi) is 9.96. The van der Waals surface area contributed by atoms with Gasteiger partial charge in [0.25, 0.3) is 0 Å². The van der Waals surface area contributed by atoms with Crippen molar-refractivity contribution in [1.29, 1.82) is 0 Å². The lowest BCUT2D eigenvalue weighted by molar-refractivity contribution is -0.114. The summed E-state index contributed by atoms with van der Waals surface area (Å²) in [5, 5.41) is 8.36. The van der Waals surface area contributed by atoms with E-state index in [-0.39, 0.29) is 36.4 Å². The van der Waals surface area contributed by atoms with Gasteiger partial charge < -0.3 is 16.0 Å². The molecule has 7 heteroatoms. The summed E-state index contributed by atoms with van der Waals surface area (Å²) in [7, 11) is 0. The zero-order valence-electron chi connectivity index (χ0n) is 11.6. The van der Waals surface area contributed by atoms with Crippen molar-refractivity contribution in [2.45, 2.75) is 6.92 Å². The first kappa shape index (κ1) is 19.2. The van der Waals surface area contributed by atoms with E-state index in [2.05, 4.69) is 26.9 Å². The molecule has 0 aliphatic heterocycles. The molecule has 0 saturated carbocycles. The predicted octanol–water partition coefficient (Wildman–Crippen LogP) is 1.57. The lowest BCUT2D eigenvalue weighted by Gasteiger charge is -2.09. The lowest BCUT2D eigenvalue weighted by Crippen LogP contribution is -2.38. The first-order valence-corrected chi connectivity index (χ1v) is 6.16. The number of benzene rings is 1. The fraction of sp³-hybridized carbons (Fsp3) is 0.286. The van der Waals surface area contributed by atoms with Gasteiger partial charge in [-0.05, 0) is 25.1 Å². The minimum atomic E-state index is -0.407. The Morgan fingerprint density at radius 2 is 2.19 bits per heavy atom. The third-order valence-electron chi connectivity index (χ3n) is 2.19. The Hall–Kier alpha value is -1.82. The Morgan fingerprint density at radius 3 is 2.81 bits per heavy atom. The number of terminal acetylenes is 1. The Bertz CT molecular complexity index is 528.